The molecule has 0 radical (unpaired) electrons. The van der Waals surface area contributed by atoms with Crippen molar-refractivity contribution in [3.05, 3.63) is 60.2 Å². The van der Waals surface area contributed by atoms with E-state index in [4.69, 9.17) is 4.74 Å². The Morgan fingerprint density at radius 2 is 1.71 bits per heavy atom. The van der Waals surface area contributed by atoms with Gasteiger partial charge in [-0.3, -0.25) is 4.79 Å². The smallest absolute Gasteiger partial charge is 0.323 e. The molecule has 0 unspecified atom stereocenters. The SMILES string of the molecule is C[C@H](CC[C@H]1CCCO1)NC(=O)c1ccc(NC(=O)Nc2ccccc2)cc1. The molecule has 0 aromatic heterocycles. The minimum absolute atomic E-state index is 0.0890. The third-order valence-electron chi connectivity index (χ3n) is 4.76. The fourth-order valence-corrected chi connectivity index (χ4v) is 3.21. The van der Waals surface area contributed by atoms with Crippen LogP contribution in [-0.4, -0.2) is 30.7 Å². The molecular formula is C22H27N3O3. The quantitative estimate of drug-likeness (QED) is 0.665. The monoisotopic (exact) mass is 381 g/mol. The van der Waals surface area contributed by atoms with Crippen LogP contribution >= 0.6 is 0 Å². The number of carbonyl (C=O) groups is 2. The van der Waals surface area contributed by atoms with Gasteiger partial charge in [0.15, 0.2) is 0 Å². The van der Waals surface area contributed by atoms with Gasteiger partial charge in [-0.15, -0.1) is 0 Å². The van der Waals surface area contributed by atoms with Crippen molar-refractivity contribution in [2.45, 2.75) is 44.8 Å². The number of carbonyl (C=O) groups excluding carboxylic acids is 2. The molecule has 2 aromatic rings. The molecular weight excluding hydrogens is 354 g/mol. The molecule has 0 bridgehead atoms. The van der Waals surface area contributed by atoms with Crippen LogP contribution in [0.4, 0.5) is 16.2 Å². The summed E-state index contributed by atoms with van der Waals surface area (Å²) in [4.78, 5) is 24.4. The van der Waals surface area contributed by atoms with Crippen molar-refractivity contribution in [2.75, 3.05) is 17.2 Å². The first-order valence-corrected chi connectivity index (χ1v) is 9.76. The second kappa shape index (κ2) is 9.90. The largest absolute Gasteiger partial charge is 0.378 e. The fraction of sp³-hybridized carbons (Fsp3) is 0.364. The Morgan fingerprint density at radius 1 is 1.04 bits per heavy atom. The minimum atomic E-state index is -0.328. The molecule has 6 nitrogen and oxygen atoms in total. The van der Waals surface area contributed by atoms with Gasteiger partial charge in [0.25, 0.3) is 5.91 Å². The van der Waals surface area contributed by atoms with Gasteiger partial charge in [-0.25, -0.2) is 4.79 Å². The zero-order valence-corrected chi connectivity index (χ0v) is 16.1. The highest BCUT2D eigenvalue weighted by molar-refractivity contribution is 6.00. The molecule has 2 aromatic carbocycles. The summed E-state index contributed by atoms with van der Waals surface area (Å²) in [5, 5.41) is 8.52. The fourth-order valence-electron chi connectivity index (χ4n) is 3.21. The summed E-state index contributed by atoms with van der Waals surface area (Å²) in [7, 11) is 0. The lowest BCUT2D eigenvalue weighted by Gasteiger charge is -2.16. The Balaban J connectivity index is 1.44. The maximum atomic E-state index is 12.4. The van der Waals surface area contributed by atoms with Gasteiger partial charge in [-0.2, -0.15) is 0 Å². The average molecular weight is 381 g/mol. The highest BCUT2D eigenvalue weighted by Gasteiger charge is 2.17. The lowest BCUT2D eigenvalue weighted by molar-refractivity contribution is 0.0899. The van der Waals surface area contributed by atoms with Gasteiger partial charge in [0.1, 0.15) is 0 Å². The summed E-state index contributed by atoms with van der Waals surface area (Å²) in [6.07, 6.45) is 4.46. The van der Waals surface area contributed by atoms with Crippen molar-refractivity contribution in [2.24, 2.45) is 0 Å². The lowest BCUT2D eigenvalue weighted by atomic mass is 10.1. The van der Waals surface area contributed by atoms with Crippen LogP contribution < -0.4 is 16.0 Å². The second-order valence-corrected chi connectivity index (χ2v) is 7.11. The highest BCUT2D eigenvalue weighted by Crippen LogP contribution is 2.18. The van der Waals surface area contributed by atoms with Crippen molar-refractivity contribution in [1.82, 2.24) is 5.32 Å². The van der Waals surface area contributed by atoms with E-state index in [1.165, 1.54) is 0 Å². The number of rotatable bonds is 7. The molecule has 3 amide bonds. The highest BCUT2D eigenvalue weighted by atomic mass is 16.5. The molecule has 0 spiro atoms. The number of nitrogens with one attached hydrogen (secondary N) is 3. The third-order valence-corrected chi connectivity index (χ3v) is 4.76. The minimum Gasteiger partial charge on any atom is -0.378 e. The average Bonchev–Trinajstić information content (AvgIpc) is 3.21. The topological polar surface area (TPSA) is 79.5 Å². The summed E-state index contributed by atoms with van der Waals surface area (Å²) < 4.78 is 5.62. The normalized spacial score (nSPS) is 17.0. The predicted molar refractivity (Wildman–Crippen MR) is 111 cm³/mol. The van der Waals surface area contributed by atoms with Gasteiger partial charge in [-0.1, -0.05) is 18.2 Å². The Morgan fingerprint density at radius 3 is 2.36 bits per heavy atom. The maximum Gasteiger partial charge on any atom is 0.323 e. The van der Waals surface area contributed by atoms with Gasteiger partial charge in [-0.05, 0) is 69.0 Å². The molecule has 2 atom stereocenters. The first kappa shape index (κ1) is 19.9. The van der Waals surface area contributed by atoms with Crippen LogP contribution in [0.15, 0.2) is 54.6 Å². The molecule has 3 N–H and O–H groups in total. The molecule has 6 heteroatoms. The van der Waals surface area contributed by atoms with Crippen LogP contribution in [0, 0.1) is 0 Å². The second-order valence-electron chi connectivity index (χ2n) is 7.11. The molecule has 1 heterocycles. The number of hydrogen-bond acceptors (Lipinski definition) is 3. The molecule has 1 aliphatic heterocycles. The Kier molecular flexibility index (Phi) is 7.03. The van der Waals surface area contributed by atoms with Gasteiger partial charge in [0.05, 0.1) is 6.10 Å². The molecule has 0 aliphatic carbocycles. The zero-order chi connectivity index (χ0) is 19.8. The van der Waals surface area contributed by atoms with E-state index < -0.39 is 0 Å². The third kappa shape index (κ3) is 6.09. The number of hydrogen-bond donors (Lipinski definition) is 3. The van der Waals surface area contributed by atoms with Crippen molar-refractivity contribution >= 4 is 23.3 Å². The summed E-state index contributed by atoms with van der Waals surface area (Å²) in [6.45, 7) is 2.87. The Bertz CT molecular complexity index is 771. The molecule has 1 fully saturated rings. The summed E-state index contributed by atoms with van der Waals surface area (Å²) in [5.74, 6) is -0.111. The van der Waals surface area contributed by atoms with E-state index in [9.17, 15) is 9.59 Å². The van der Waals surface area contributed by atoms with Crippen LogP contribution in [-0.2, 0) is 4.74 Å². The summed E-state index contributed by atoms with van der Waals surface area (Å²) in [6, 6.07) is 15.8. The van der Waals surface area contributed by atoms with E-state index in [0.29, 0.717) is 23.0 Å². The summed E-state index contributed by atoms with van der Waals surface area (Å²) in [5.41, 5.74) is 1.90. The van der Waals surface area contributed by atoms with E-state index in [1.807, 2.05) is 37.3 Å². The molecule has 28 heavy (non-hydrogen) atoms. The number of anilines is 2. The Hall–Kier alpha value is -2.86. The van der Waals surface area contributed by atoms with E-state index in [1.54, 1.807) is 24.3 Å². The van der Waals surface area contributed by atoms with Crippen molar-refractivity contribution < 1.29 is 14.3 Å². The lowest BCUT2D eigenvalue weighted by Crippen LogP contribution is -2.33. The van der Waals surface area contributed by atoms with Crippen LogP contribution in [0.2, 0.25) is 0 Å². The Labute approximate surface area is 165 Å². The van der Waals surface area contributed by atoms with Gasteiger partial charge in [0.2, 0.25) is 0 Å². The molecule has 148 valence electrons. The van der Waals surface area contributed by atoms with Gasteiger partial charge < -0.3 is 20.7 Å². The molecule has 1 saturated heterocycles. The van der Waals surface area contributed by atoms with Crippen LogP contribution in [0.3, 0.4) is 0 Å². The predicted octanol–water partition coefficient (Wildman–Crippen LogP) is 4.41. The van der Waals surface area contributed by atoms with E-state index in [2.05, 4.69) is 16.0 Å². The first-order valence-electron chi connectivity index (χ1n) is 9.76. The molecule has 1 aliphatic rings. The number of ether oxygens (including phenoxy) is 1. The number of benzene rings is 2. The number of para-hydroxylation sites is 1. The van der Waals surface area contributed by atoms with Gasteiger partial charge >= 0.3 is 6.03 Å². The van der Waals surface area contributed by atoms with Crippen LogP contribution in [0.25, 0.3) is 0 Å². The maximum absolute atomic E-state index is 12.4. The van der Waals surface area contributed by atoms with Crippen LogP contribution in [0.5, 0.6) is 0 Å². The van der Waals surface area contributed by atoms with E-state index in [-0.39, 0.29) is 18.0 Å². The van der Waals surface area contributed by atoms with Crippen molar-refractivity contribution in [1.29, 1.82) is 0 Å². The first-order chi connectivity index (χ1) is 13.6. The number of amides is 3. The zero-order valence-electron chi connectivity index (χ0n) is 16.1. The number of urea groups is 1. The van der Waals surface area contributed by atoms with Gasteiger partial charge in [0, 0.05) is 29.6 Å². The summed E-state index contributed by atoms with van der Waals surface area (Å²) >= 11 is 0. The molecule has 3 rings (SSSR count). The van der Waals surface area contributed by atoms with Crippen molar-refractivity contribution in [3.63, 3.8) is 0 Å². The van der Waals surface area contributed by atoms with Crippen molar-refractivity contribution in [3.8, 4) is 0 Å². The van der Waals surface area contributed by atoms with E-state index >= 15 is 0 Å². The molecule has 0 saturated carbocycles. The van der Waals surface area contributed by atoms with E-state index in [0.717, 1.165) is 32.3 Å². The van der Waals surface area contributed by atoms with Crippen LogP contribution in [0.1, 0.15) is 43.0 Å². The standard InChI is InChI=1S/C22H27N3O3/c1-16(9-14-20-8-5-15-28-20)23-21(26)17-10-12-19(13-11-17)25-22(27)24-18-6-3-2-4-7-18/h2-4,6-7,10-13,16,20H,5,8-9,14-15H2,1H3,(H,23,26)(H2,24,25,27)/t16-,20-/m1/s1.